The van der Waals surface area contributed by atoms with Crippen LogP contribution in [0.1, 0.15) is 12.7 Å². The van der Waals surface area contributed by atoms with Crippen LogP contribution in [0.2, 0.25) is 0 Å². The third-order valence-electron chi connectivity index (χ3n) is 2.90. The van der Waals surface area contributed by atoms with Gasteiger partial charge in [-0.1, -0.05) is 6.92 Å². The first-order chi connectivity index (χ1) is 8.70. The summed E-state index contributed by atoms with van der Waals surface area (Å²) in [6.07, 6.45) is 2.36. The van der Waals surface area contributed by atoms with Crippen LogP contribution >= 0.6 is 0 Å². The Morgan fingerprint density at radius 1 is 1.44 bits per heavy atom. The lowest BCUT2D eigenvalue weighted by molar-refractivity contribution is -0.383. The molecule has 0 bridgehead atoms. The van der Waals surface area contributed by atoms with Crippen LogP contribution in [0.5, 0.6) is 0 Å². The van der Waals surface area contributed by atoms with Crippen molar-refractivity contribution in [3.05, 3.63) is 40.3 Å². The number of rotatable bonds is 2. The Kier molecular flexibility index (Phi) is 2.22. The molecule has 0 fully saturated rings. The van der Waals surface area contributed by atoms with Crippen molar-refractivity contribution in [3.63, 3.8) is 0 Å². The Morgan fingerprint density at radius 3 is 3.00 bits per heavy atom. The molecule has 1 aromatic carbocycles. The van der Waals surface area contributed by atoms with Crippen LogP contribution in [0, 0.1) is 10.1 Å². The van der Waals surface area contributed by atoms with Gasteiger partial charge in [-0.05, 0) is 12.1 Å². The van der Waals surface area contributed by atoms with Gasteiger partial charge in [-0.15, -0.1) is 0 Å². The molecule has 18 heavy (non-hydrogen) atoms. The lowest BCUT2D eigenvalue weighted by atomic mass is 10.1. The monoisotopic (exact) mass is 242 g/mol. The third kappa shape index (κ3) is 1.42. The topological polar surface area (TPSA) is 84.7 Å². The normalized spacial score (nSPS) is 11.2. The second-order valence-corrected chi connectivity index (χ2v) is 3.99. The Morgan fingerprint density at radius 2 is 2.28 bits per heavy atom. The van der Waals surface area contributed by atoms with E-state index in [0.717, 1.165) is 12.2 Å². The van der Waals surface area contributed by atoms with Crippen LogP contribution in [0.3, 0.4) is 0 Å². The maximum Gasteiger partial charge on any atom is 0.281 e. The van der Waals surface area contributed by atoms with E-state index in [1.54, 1.807) is 18.3 Å². The zero-order chi connectivity index (χ0) is 12.7. The predicted molar refractivity (Wildman–Crippen MR) is 67.4 cm³/mol. The second kappa shape index (κ2) is 3.76. The maximum absolute atomic E-state index is 11.1. The molecule has 1 N–H and O–H groups in total. The minimum atomic E-state index is -0.393. The van der Waals surface area contributed by atoms with Gasteiger partial charge in [0.05, 0.1) is 15.8 Å². The number of imidazole rings is 1. The Balaban J connectivity index is 2.50. The molecule has 0 saturated heterocycles. The van der Waals surface area contributed by atoms with E-state index in [4.69, 9.17) is 0 Å². The Labute approximate surface area is 102 Å². The number of non-ortho nitro benzene ring substituents is 1. The molecule has 0 unspecified atom stereocenters. The number of hydrogen-bond donors (Lipinski definition) is 1. The van der Waals surface area contributed by atoms with Crippen LogP contribution in [-0.4, -0.2) is 19.9 Å². The number of aromatic amines is 1. The molecule has 0 aliphatic carbocycles. The Hall–Kier alpha value is -2.50. The smallest absolute Gasteiger partial charge is 0.281 e. The van der Waals surface area contributed by atoms with E-state index in [9.17, 15) is 10.1 Å². The molecule has 90 valence electrons. The first-order valence-electron chi connectivity index (χ1n) is 5.61. The molecule has 0 saturated carbocycles. The van der Waals surface area contributed by atoms with Crippen LogP contribution < -0.4 is 0 Å². The molecule has 0 radical (unpaired) electrons. The van der Waals surface area contributed by atoms with Crippen LogP contribution in [0.15, 0.2) is 24.4 Å². The fourth-order valence-corrected chi connectivity index (χ4v) is 2.06. The number of nitrogens with one attached hydrogen (secondary N) is 1. The molecule has 3 rings (SSSR count). The summed E-state index contributed by atoms with van der Waals surface area (Å²) in [6.45, 7) is 1.97. The predicted octanol–water partition coefficient (Wildman–Crippen LogP) is 2.58. The summed E-state index contributed by atoms with van der Waals surface area (Å²) in [6, 6.07) is 4.90. The number of fused-ring (bicyclic) bond motifs is 3. The highest BCUT2D eigenvalue weighted by atomic mass is 16.6. The highest BCUT2D eigenvalue weighted by Gasteiger charge is 2.17. The van der Waals surface area contributed by atoms with Crippen LogP contribution in [0.25, 0.3) is 21.9 Å². The van der Waals surface area contributed by atoms with Crippen molar-refractivity contribution in [2.24, 2.45) is 0 Å². The van der Waals surface area contributed by atoms with Gasteiger partial charge < -0.3 is 4.98 Å². The van der Waals surface area contributed by atoms with Gasteiger partial charge >= 0.3 is 0 Å². The quantitative estimate of drug-likeness (QED) is 0.552. The van der Waals surface area contributed by atoms with Crippen LogP contribution in [0.4, 0.5) is 5.69 Å². The van der Waals surface area contributed by atoms with Gasteiger partial charge in [0.15, 0.2) is 0 Å². The average molecular weight is 242 g/mol. The van der Waals surface area contributed by atoms with Gasteiger partial charge in [0.2, 0.25) is 0 Å². The Bertz CT molecular complexity index is 763. The fourth-order valence-electron chi connectivity index (χ4n) is 2.06. The van der Waals surface area contributed by atoms with Gasteiger partial charge in [-0.2, -0.15) is 0 Å². The summed E-state index contributed by atoms with van der Waals surface area (Å²) in [5.74, 6) is 0.803. The van der Waals surface area contributed by atoms with Crippen molar-refractivity contribution < 1.29 is 4.92 Å². The van der Waals surface area contributed by atoms with E-state index in [2.05, 4.69) is 15.0 Å². The number of nitro groups is 1. The summed E-state index contributed by atoms with van der Waals surface area (Å²) in [7, 11) is 0. The molecule has 2 heterocycles. The molecule has 0 aliphatic rings. The van der Waals surface area contributed by atoms with E-state index < -0.39 is 4.92 Å². The van der Waals surface area contributed by atoms with E-state index in [1.807, 2.05) is 6.92 Å². The molecule has 0 spiro atoms. The number of H-pyrrole nitrogens is 1. The maximum atomic E-state index is 11.1. The SMILES string of the molecule is CCc1nc2c(cc([N+](=O)[O-])c3cccnc32)[nH]1. The summed E-state index contributed by atoms with van der Waals surface area (Å²) in [4.78, 5) is 22.4. The summed E-state index contributed by atoms with van der Waals surface area (Å²) in [5, 5.41) is 11.6. The van der Waals surface area contributed by atoms with Gasteiger partial charge in [0.1, 0.15) is 16.9 Å². The largest absolute Gasteiger partial charge is 0.342 e. The highest BCUT2D eigenvalue weighted by molar-refractivity contribution is 6.06. The van der Waals surface area contributed by atoms with E-state index in [0.29, 0.717) is 21.9 Å². The zero-order valence-corrected chi connectivity index (χ0v) is 9.67. The number of nitrogens with zero attached hydrogens (tertiary/aromatic N) is 3. The van der Waals surface area contributed by atoms with E-state index in [1.165, 1.54) is 6.07 Å². The van der Waals surface area contributed by atoms with Crippen LogP contribution in [-0.2, 0) is 6.42 Å². The minimum absolute atomic E-state index is 0.0527. The van der Waals surface area contributed by atoms with Crippen molar-refractivity contribution in [1.82, 2.24) is 15.0 Å². The summed E-state index contributed by atoms with van der Waals surface area (Å²) in [5.41, 5.74) is 1.97. The third-order valence-corrected chi connectivity index (χ3v) is 2.90. The van der Waals surface area contributed by atoms with Gasteiger partial charge in [-0.25, -0.2) is 4.98 Å². The molecular formula is C12H10N4O2. The highest BCUT2D eigenvalue weighted by Crippen LogP contribution is 2.30. The van der Waals surface area contributed by atoms with E-state index in [-0.39, 0.29) is 5.69 Å². The molecule has 2 aromatic heterocycles. The van der Waals surface area contributed by atoms with Crippen molar-refractivity contribution in [3.8, 4) is 0 Å². The summed E-state index contributed by atoms with van der Waals surface area (Å²) < 4.78 is 0. The molecule has 0 atom stereocenters. The average Bonchev–Trinajstić information content (AvgIpc) is 2.80. The number of pyridine rings is 1. The van der Waals surface area contributed by atoms with Gasteiger partial charge in [-0.3, -0.25) is 15.1 Å². The van der Waals surface area contributed by atoms with Gasteiger partial charge in [0, 0.05) is 18.7 Å². The van der Waals surface area contributed by atoms with Crippen molar-refractivity contribution in [1.29, 1.82) is 0 Å². The number of nitro benzene ring substituents is 1. The number of aryl methyl sites for hydroxylation is 1. The minimum Gasteiger partial charge on any atom is -0.342 e. The van der Waals surface area contributed by atoms with Crippen molar-refractivity contribution in [2.45, 2.75) is 13.3 Å². The molecular weight excluding hydrogens is 232 g/mol. The molecule has 6 heteroatoms. The first-order valence-corrected chi connectivity index (χ1v) is 5.61. The molecule has 3 aromatic rings. The number of benzene rings is 1. The molecule has 0 aliphatic heterocycles. The zero-order valence-electron chi connectivity index (χ0n) is 9.67. The summed E-state index contributed by atoms with van der Waals surface area (Å²) >= 11 is 0. The van der Waals surface area contributed by atoms with Gasteiger partial charge in [0.25, 0.3) is 5.69 Å². The molecule has 0 amide bonds. The van der Waals surface area contributed by atoms with Crippen molar-refractivity contribution >= 4 is 27.6 Å². The standard InChI is InChI=1S/C12H10N4O2/c1-2-10-14-8-6-9(16(17)18)7-4-3-5-13-11(7)12(8)15-10/h3-6H,2H2,1H3,(H,14,15). The first kappa shape index (κ1) is 10.6. The lowest BCUT2D eigenvalue weighted by Gasteiger charge is -1.99. The molecule has 6 nitrogen and oxygen atoms in total. The van der Waals surface area contributed by atoms with Crippen molar-refractivity contribution in [2.75, 3.05) is 0 Å². The van der Waals surface area contributed by atoms with E-state index >= 15 is 0 Å². The number of hydrogen-bond acceptors (Lipinski definition) is 4. The number of aromatic nitrogens is 3. The fraction of sp³-hybridized carbons (Fsp3) is 0.167. The lowest BCUT2D eigenvalue weighted by Crippen LogP contribution is -1.91. The second-order valence-electron chi connectivity index (χ2n) is 3.99.